The van der Waals surface area contributed by atoms with E-state index in [1.807, 2.05) is 0 Å². The van der Waals surface area contributed by atoms with Gasteiger partial charge in [0.25, 0.3) is 0 Å². The number of aromatic nitrogens is 3. The van der Waals surface area contributed by atoms with Crippen molar-refractivity contribution >= 4 is 12.0 Å². The standard InChI is InChI=1S/C9H11N3O2/c1-3-6-12-7-8(10-11-12)4-5-9(13)14-2/h3-5,7H,1,6H2,2H3/b5-4+. The Balaban J connectivity index is 2.63. The maximum atomic E-state index is 10.7. The van der Waals surface area contributed by atoms with Crippen molar-refractivity contribution in [1.29, 1.82) is 0 Å². The highest BCUT2D eigenvalue weighted by Gasteiger charge is 1.96. The lowest BCUT2D eigenvalue weighted by Gasteiger charge is -1.88. The van der Waals surface area contributed by atoms with Crippen LogP contribution >= 0.6 is 0 Å². The molecule has 1 aromatic rings. The zero-order valence-corrected chi connectivity index (χ0v) is 7.88. The lowest BCUT2D eigenvalue weighted by atomic mass is 10.4. The van der Waals surface area contributed by atoms with Crippen molar-refractivity contribution in [2.45, 2.75) is 6.54 Å². The second-order valence-electron chi connectivity index (χ2n) is 2.51. The van der Waals surface area contributed by atoms with Crippen LogP contribution in [0.2, 0.25) is 0 Å². The van der Waals surface area contributed by atoms with E-state index in [1.165, 1.54) is 13.2 Å². The minimum atomic E-state index is -0.414. The maximum absolute atomic E-state index is 10.7. The average Bonchev–Trinajstić information content (AvgIpc) is 2.63. The van der Waals surface area contributed by atoms with Crippen molar-refractivity contribution in [1.82, 2.24) is 15.0 Å². The van der Waals surface area contributed by atoms with Gasteiger partial charge in [0, 0.05) is 6.08 Å². The predicted octanol–water partition coefficient (Wildman–Crippen LogP) is 0.650. The Morgan fingerprint density at radius 1 is 1.79 bits per heavy atom. The van der Waals surface area contributed by atoms with E-state index >= 15 is 0 Å². The van der Waals surface area contributed by atoms with E-state index in [2.05, 4.69) is 21.6 Å². The van der Waals surface area contributed by atoms with Crippen LogP contribution in [-0.2, 0) is 16.1 Å². The molecule has 5 heteroatoms. The Hall–Kier alpha value is -1.91. The molecule has 0 aliphatic rings. The van der Waals surface area contributed by atoms with Crippen molar-refractivity contribution in [3.8, 4) is 0 Å². The molecule has 0 spiro atoms. The van der Waals surface area contributed by atoms with Crippen LogP contribution in [0.15, 0.2) is 24.9 Å². The molecule has 0 N–H and O–H groups in total. The predicted molar refractivity (Wildman–Crippen MR) is 51.3 cm³/mol. The number of allylic oxidation sites excluding steroid dienone is 1. The highest BCUT2D eigenvalue weighted by molar-refractivity contribution is 5.86. The van der Waals surface area contributed by atoms with Crippen LogP contribution in [-0.4, -0.2) is 28.1 Å². The van der Waals surface area contributed by atoms with E-state index in [1.54, 1.807) is 23.0 Å². The lowest BCUT2D eigenvalue weighted by Crippen LogP contribution is -1.94. The molecule has 0 unspecified atom stereocenters. The largest absolute Gasteiger partial charge is 0.466 e. The molecule has 0 fully saturated rings. The number of ether oxygens (including phenoxy) is 1. The lowest BCUT2D eigenvalue weighted by molar-refractivity contribution is -0.134. The fourth-order valence-corrected chi connectivity index (χ4v) is 0.833. The van der Waals surface area contributed by atoms with Gasteiger partial charge in [-0.05, 0) is 6.08 Å². The Kier molecular flexibility index (Phi) is 3.60. The average molecular weight is 193 g/mol. The fourth-order valence-electron chi connectivity index (χ4n) is 0.833. The first-order valence-corrected chi connectivity index (χ1v) is 4.03. The van der Waals surface area contributed by atoms with Crippen LogP contribution in [0.5, 0.6) is 0 Å². The molecule has 0 aromatic carbocycles. The highest BCUT2D eigenvalue weighted by atomic mass is 16.5. The second-order valence-corrected chi connectivity index (χ2v) is 2.51. The molecule has 5 nitrogen and oxygen atoms in total. The molecule has 0 saturated heterocycles. The minimum absolute atomic E-state index is 0.414. The van der Waals surface area contributed by atoms with Gasteiger partial charge in [-0.2, -0.15) is 0 Å². The number of esters is 1. The molecule has 0 bridgehead atoms. The number of rotatable bonds is 4. The van der Waals surface area contributed by atoms with Gasteiger partial charge in [0.15, 0.2) is 0 Å². The summed E-state index contributed by atoms with van der Waals surface area (Å²) >= 11 is 0. The first-order valence-electron chi connectivity index (χ1n) is 4.03. The molecule has 0 aliphatic heterocycles. The summed E-state index contributed by atoms with van der Waals surface area (Å²) in [4.78, 5) is 10.7. The smallest absolute Gasteiger partial charge is 0.330 e. The quantitative estimate of drug-likeness (QED) is 0.400. The zero-order chi connectivity index (χ0) is 10.4. The van der Waals surface area contributed by atoms with Crippen LogP contribution in [0.4, 0.5) is 0 Å². The van der Waals surface area contributed by atoms with Crippen LogP contribution in [0.3, 0.4) is 0 Å². The third kappa shape index (κ3) is 2.85. The van der Waals surface area contributed by atoms with Crippen LogP contribution in [0.25, 0.3) is 6.08 Å². The zero-order valence-electron chi connectivity index (χ0n) is 7.88. The third-order valence-electron chi connectivity index (χ3n) is 1.46. The molecule has 1 aromatic heterocycles. The van der Waals surface area contributed by atoms with Gasteiger partial charge >= 0.3 is 5.97 Å². The normalized spacial score (nSPS) is 10.4. The van der Waals surface area contributed by atoms with E-state index < -0.39 is 5.97 Å². The number of methoxy groups -OCH3 is 1. The van der Waals surface area contributed by atoms with Crippen molar-refractivity contribution < 1.29 is 9.53 Å². The Morgan fingerprint density at radius 3 is 3.21 bits per heavy atom. The molecule has 0 radical (unpaired) electrons. The van der Waals surface area contributed by atoms with Crippen molar-refractivity contribution in [3.05, 3.63) is 30.6 Å². The Morgan fingerprint density at radius 2 is 2.57 bits per heavy atom. The SMILES string of the molecule is C=CCn1cc(/C=C/C(=O)OC)nn1. The summed E-state index contributed by atoms with van der Waals surface area (Å²) in [6.45, 7) is 4.17. The van der Waals surface area contributed by atoms with Crippen molar-refractivity contribution in [2.75, 3.05) is 7.11 Å². The molecule has 1 heterocycles. The molecular weight excluding hydrogens is 182 g/mol. The molecule has 1 rings (SSSR count). The first-order chi connectivity index (χ1) is 6.76. The summed E-state index contributed by atoms with van der Waals surface area (Å²) in [5, 5.41) is 7.61. The van der Waals surface area contributed by atoms with E-state index in [-0.39, 0.29) is 0 Å². The van der Waals surface area contributed by atoms with Gasteiger partial charge in [-0.25, -0.2) is 9.48 Å². The van der Waals surface area contributed by atoms with Crippen LogP contribution in [0.1, 0.15) is 5.69 Å². The van der Waals surface area contributed by atoms with Gasteiger partial charge in [-0.3, -0.25) is 0 Å². The number of carbonyl (C=O) groups is 1. The van der Waals surface area contributed by atoms with E-state index in [0.29, 0.717) is 12.2 Å². The molecule has 0 atom stereocenters. The topological polar surface area (TPSA) is 57.0 Å². The van der Waals surface area contributed by atoms with Gasteiger partial charge < -0.3 is 4.74 Å². The number of carbonyl (C=O) groups excluding carboxylic acids is 1. The minimum Gasteiger partial charge on any atom is -0.466 e. The van der Waals surface area contributed by atoms with E-state index in [4.69, 9.17) is 0 Å². The summed E-state index contributed by atoms with van der Waals surface area (Å²) in [6, 6.07) is 0. The van der Waals surface area contributed by atoms with Crippen LogP contribution in [0, 0.1) is 0 Å². The summed E-state index contributed by atoms with van der Waals surface area (Å²) in [5.41, 5.74) is 0.609. The maximum Gasteiger partial charge on any atom is 0.330 e. The third-order valence-corrected chi connectivity index (χ3v) is 1.46. The molecule has 0 aliphatic carbocycles. The Labute approximate surface area is 81.7 Å². The van der Waals surface area contributed by atoms with Crippen molar-refractivity contribution in [2.24, 2.45) is 0 Å². The van der Waals surface area contributed by atoms with E-state index in [9.17, 15) is 4.79 Å². The molecule has 14 heavy (non-hydrogen) atoms. The van der Waals surface area contributed by atoms with E-state index in [0.717, 1.165) is 0 Å². The Bertz CT molecular complexity index is 355. The number of nitrogens with zero attached hydrogens (tertiary/aromatic N) is 3. The number of hydrogen-bond acceptors (Lipinski definition) is 4. The van der Waals surface area contributed by atoms with Gasteiger partial charge in [-0.15, -0.1) is 11.7 Å². The molecule has 0 amide bonds. The van der Waals surface area contributed by atoms with Gasteiger partial charge in [-0.1, -0.05) is 11.3 Å². The van der Waals surface area contributed by atoms with Crippen molar-refractivity contribution in [3.63, 3.8) is 0 Å². The van der Waals surface area contributed by atoms with Crippen LogP contribution < -0.4 is 0 Å². The fraction of sp³-hybridized carbons (Fsp3) is 0.222. The summed E-state index contributed by atoms with van der Waals surface area (Å²) in [7, 11) is 1.32. The highest BCUT2D eigenvalue weighted by Crippen LogP contribution is 1.96. The van der Waals surface area contributed by atoms with Gasteiger partial charge in [0.2, 0.25) is 0 Å². The summed E-state index contributed by atoms with van der Waals surface area (Å²) in [5.74, 6) is -0.414. The molecule has 0 saturated carbocycles. The van der Waals surface area contributed by atoms with Gasteiger partial charge in [0.1, 0.15) is 5.69 Å². The number of hydrogen-bond donors (Lipinski definition) is 0. The molecular formula is C9H11N3O2. The monoisotopic (exact) mass is 193 g/mol. The second kappa shape index (κ2) is 4.96. The summed E-state index contributed by atoms with van der Waals surface area (Å²) < 4.78 is 6.04. The first kappa shape index (κ1) is 10.2. The molecule has 74 valence electrons. The summed E-state index contributed by atoms with van der Waals surface area (Å²) in [6.07, 6.45) is 6.25. The van der Waals surface area contributed by atoms with Gasteiger partial charge in [0.05, 0.1) is 19.9 Å².